The summed E-state index contributed by atoms with van der Waals surface area (Å²) >= 11 is 0. The highest BCUT2D eigenvalue weighted by Crippen LogP contribution is 2.60. The van der Waals surface area contributed by atoms with Crippen LogP contribution in [0.5, 0.6) is 17.2 Å². The summed E-state index contributed by atoms with van der Waals surface area (Å²) in [6.07, 6.45) is 6.74. The zero-order valence-corrected chi connectivity index (χ0v) is 16.8. The number of carbonyl (C=O) groups is 2. The lowest BCUT2D eigenvalue weighted by Gasteiger charge is -2.55. The number of rotatable bonds is 7. The van der Waals surface area contributed by atoms with Crippen molar-refractivity contribution >= 4 is 11.8 Å². The third-order valence-corrected chi connectivity index (χ3v) is 6.86. The fourth-order valence-electron chi connectivity index (χ4n) is 6.02. The molecule has 6 nitrogen and oxygen atoms in total. The molecule has 152 valence electrons. The smallest absolute Gasteiger partial charge is 0.338 e. The first-order valence-corrected chi connectivity index (χ1v) is 9.98. The van der Waals surface area contributed by atoms with Crippen LogP contribution in [0.2, 0.25) is 0 Å². The molecule has 4 saturated carbocycles. The lowest BCUT2D eigenvalue weighted by Crippen LogP contribution is -2.51. The van der Waals surface area contributed by atoms with Crippen LogP contribution in [0.1, 0.15) is 48.9 Å². The van der Waals surface area contributed by atoms with Crippen LogP contribution < -0.4 is 14.2 Å². The van der Waals surface area contributed by atoms with Gasteiger partial charge in [-0.05, 0) is 68.4 Å². The van der Waals surface area contributed by atoms with Crippen molar-refractivity contribution in [3.05, 3.63) is 17.7 Å². The predicted molar refractivity (Wildman–Crippen MR) is 102 cm³/mol. The van der Waals surface area contributed by atoms with E-state index in [1.807, 2.05) is 0 Å². The zero-order valence-electron chi connectivity index (χ0n) is 16.8. The monoisotopic (exact) mass is 388 g/mol. The normalized spacial score (nSPS) is 30.0. The fraction of sp³-hybridized carbons (Fsp3) is 0.636. The summed E-state index contributed by atoms with van der Waals surface area (Å²) in [5, 5.41) is 0. The number of hydrogen-bond acceptors (Lipinski definition) is 6. The number of esters is 1. The molecule has 0 saturated heterocycles. The second kappa shape index (κ2) is 7.30. The van der Waals surface area contributed by atoms with Gasteiger partial charge in [0.2, 0.25) is 5.75 Å². The molecule has 6 heteroatoms. The molecule has 1 aromatic rings. The van der Waals surface area contributed by atoms with Gasteiger partial charge < -0.3 is 18.9 Å². The predicted octanol–water partition coefficient (Wildman–Crippen LogP) is 3.65. The molecular weight excluding hydrogens is 360 g/mol. The van der Waals surface area contributed by atoms with E-state index in [1.54, 1.807) is 12.1 Å². The van der Waals surface area contributed by atoms with Crippen molar-refractivity contribution in [3.63, 3.8) is 0 Å². The molecule has 0 atom stereocenters. The molecule has 0 N–H and O–H groups in total. The highest BCUT2D eigenvalue weighted by molar-refractivity contribution is 5.94. The first-order valence-electron chi connectivity index (χ1n) is 9.98. The number of ketones is 1. The number of ether oxygens (including phenoxy) is 4. The Morgan fingerprint density at radius 1 is 0.893 bits per heavy atom. The summed E-state index contributed by atoms with van der Waals surface area (Å²) in [7, 11) is 4.48. The van der Waals surface area contributed by atoms with E-state index in [2.05, 4.69) is 0 Å². The molecule has 4 fully saturated rings. The van der Waals surface area contributed by atoms with Gasteiger partial charge in [-0.3, -0.25) is 4.79 Å². The third kappa shape index (κ3) is 3.23. The maximum Gasteiger partial charge on any atom is 0.338 e. The van der Waals surface area contributed by atoms with Crippen molar-refractivity contribution in [2.75, 3.05) is 27.9 Å². The Hall–Kier alpha value is -2.24. The van der Waals surface area contributed by atoms with Crippen LogP contribution in [0.4, 0.5) is 0 Å². The van der Waals surface area contributed by atoms with Gasteiger partial charge in [0.25, 0.3) is 0 Å². The fourth-order valence-corrected chi connectivity index (χ4v) is 6.02. The molecular formula is C22H28O6. The van der Waals surface area contributed by atoms with E-state index in [0.29, 0.717) is 35.0 Å². The van der Waals surface area contributed by atoms with Gasteiger partial charge in [0.05, 0.1) is 26.9 Å². The Kier molecular flexibility index (Phi) is 4.98. The number of benzene rings is 1. The van der Waals surface area contributed by atoms with E-state index in [9.17, 15) is 9.59 Å². The van der Waals surface area contributed by atoms with Crippen LogP contribution in [-0.4, -0.2) is 39.7 Å². The van der Waals surface area contributed by atoms with Crippen LogP contribution in [0.15, 0.2) is 12.1 Å². The van der Waals surface area contributed by atoms with E-state index in [-0.39, 0.29) is 23.4 Å². The second-order valence-electron chi connectivity index (χ2n) is 8.61. The summed E-state index contributed by atoms with van der Waals surface area (Å²) in [6.45, 7) is -0.165. The maximum atomic E-state index is 13.0. The van der Waals surface area contributed by atoms with Crippen LogP contribution >= 0.6 is 0 Å². The molecule has 0 spiro atoms. The van der Waals surface area contributed by atoms with Gasteiger partial charge in [-0.25, -0.2) is 4.79 Å². The standard InChI is InChI=1S/C22H28O6/c1-25-17-7-16(8-18(26-2)20(17)27-3)21(24)28-12-19(23)22-9-13-4-14(10-22)6-15(5-13)11-22/h7-8,13-15H,4-6,9-12H2,1-3H3. The van der Waals surface area contributed by atoms with Gasteiger partial charge >= 0.3 is 5.97 Å². The largest absolute Gasteiger partial charge is 0.493 e. The highest BCUT2D eigenvalue weighted by atomic mass is 16.5. The van der Waals surface area contributed by atoms with Crippen molar-refractivity contribution in [2.45, 2.75) is 38.5 Å². The van der Waals surface area contributed by atoms with E-state index < -0.39 is 5.97 Å². The minimum absolute atomic E-state index is 0.0902. The van der Waals surface area contributed by atoms with Gasteiger partial charge in [0, 0.05) is 5.41 Å². The molecule has 0 aliphatic heterocycles. The highest BCUT2D eigenvalue weighted by Gasteiger charge is 2.54. The average molecular weight is 388 g/mol. The second-order valence-corrected chi connectivity index (χ2v) is 8.61. The Bertz CT molecular complexity index is 723. The number of hydrogen-bond donors (Lipinski definition) is 0. The summed E-state index contributed by atoms with van der Waals surface area (Å²) in [6, 6.07) is 3.08. The van der Waals surface area contributed by atoms with Crippen LogP contribution in [0.3, 0.4) is 0 Å². The van der Waals surface area contributed by atoms with Crippen molar-refractivity contribution in [2.24, 2.45) is 23.2 Å². The number of Topliss-reactive ketones (excluding diaryl/α,β-unsaturated/α-hetero) is 1. The van der Waals surface area contributed by atoms with E-state index in [0.717, 1.165) is 19.3 Å². The van der Waals surface area contributed by atoms with Crippen molar-refractivity contribution in [3.8, 4) is 17.2 Å². The molecule has 4 bridgehead atoms. The number of carbonyl (C=O) groups excluding carboxylic acids is 2. The quantitative estimate of drug-likeness (QED) is 0.664. The van der Waals surface area contributed by atoms with E-state index >= 15 is 0 Å². The molecule has 0 aromatic heterocycles. The summed E-state index contributed by atoms with van der Waals surface area (Å²) < 4.78 is 21.2. The Labute approximate surface area is 165 Å². The lowest BCUT2D eigenvalue weighted by atomic mass is 9.48. The lowest BCUT2D eigenvalue weighted by molar-refractivity contribution is -0.147. The summed E-state index contributed by atoms with van der Waals surface area (Å²) in [5.74, 6) is 2.74. The van der Waals surface area contributed by atoms with Gasteiger partial charge in [-0.2, -0.15) is 0 Å². The molecule has 0 unspecified atom stereocenters. The molecule has 0 amide bonds. The molecule has 0 radical (unpaired) electrons. The van der Waals surface area contributed by atoms with Gasteiger partial charge in [-0.15, -0.1) is 0 Å². The molecule has 4 aliphatic rings. The van der Waals surface area contributed by atoms with Crippen molar-refractivity contribution < 1.29 is 28.5 Å². The first kappa shape index (κ1) is 19.1. The van der Waals surface area contributed by atoms with Crippen LogP contribution in [0.25, 0.3) is 0 Å². The SMILES string of the molecule is COc1cc(C(=O)OCC(=O)C23CC4CC(CC(C4)C2)C3)cc(OC)c1OC. The minimum atomic E-state index is -0.558. The van der Waals surface area contributed by atoms with E-state index in [1.165, 1.54) is 40.6 Å². The third-order valence-electron chi connectivity index (χ3n) is 6.86. The maximum absolute atomic E-state index is 13.0. The van der Waals surface area contributed by atoms with Gasteiger partial charge in [0.15, 0.2) is 23.9 Å². The van der Waals surface area contributed by atoms with Crippen molar-refractivity contribution in [1.29, 1.82) is 0 Å². The van der Waals surface area contributed by atoms with Crippen LogP contribution in [-0.2, 0) is 9.53 Å². The Morgan fingerprint density at radius 2 is 1.39 bits per heavy atom. The van der Waals surface area contributed by atoms with Gasteiger partial charge in [0.1, 0.15) is 0 Å². The topological polar surface area (TPSA) is 71.1 Å². The number of methoxy groups -OCH3 is 3. The molecule has 4 aliphatic carbocycles. The van der Waals surface area contributed by atoms with Gasteiger partial charge in [-0.1, -0.05) is 0 Å². The average Bonchev–Trinajstić information content (AvgIpc) is 2.69. The summed E-state index contributed by atoms with van der Waals surface area (Å²) in [4.78, 5) is 25.6. The molecule has 28 heavy (non-hydrogen) atoms. The van der Waals surface area contributed by atoms with E-state index in [4.69, 9.17) is 18.9 Å². The minimum Gasteiger partial charge on any atom is -0.493 e. The zero-order chi connectivity index (χ0) is 19.9. The van der Waals surface area contributed by atoms with Crippen LogP contribution in [0, 0.1) is 23.2 Å². The van der Waals surface area contributed by atoms with Crippen molar-refractivity contribution in [1.82, 2.24) is 0 Å². The molecule has 0 heterocycles. The molecule has 1 aromatic carbocycles. The Morgan fingerprint density at radius 3 is 1.82 bits per heavy atom. The molecule has 5 rings (SSSR count). The summed E-state index contributed by atoms with van der Waals surface area (Å²) in [5.41, 5.74) is 0.0115. The Balaban J connectivity index is 1.45. The first-order chi connectivity index (χ1) is 13.5.